The summed E-state index contributed by atoms with van der Waals surface area (Å²) in [7, 11) is 0. The van der Waals surface area contributed by atoms with Crippen LogP contribution in [0.5, 0.6) is 5.75 Å². The van der Waals surface area contributed by atoms with Gasteiger partial charge in [0, 0.05) is 12.5 Å². The Hall–Kier alpha value is -3.31. The molecule has 0 bridgehead atoms. The highest BCUT2D eigenvalue weighted by Gasteiger charge is 2.36. The van der Waals surface area contributed by atoms with Gasteiger partial charge in [0.15, 0.2) is 0 Å². The van der Waals surface area contributed by atoms with Crippen molar-refractivity contribution in [2.24, 2.45) is 0 Å². The van der Waals surface area contributed by atoms with E-state index in [1.54, 1.807) is 0 Å². The molecule has 1 amide bonds. The van der Waals surface area contributed by atoms with Crippen molar-refractivity contribution in [2.45, 2.75) is 58.3 Å². The molecule has 0 spiro atoms. The Labute approximate surface area is 215 Å². The Bertz CT molecular complexity index is 1090. The fourth-order valence-corrected chi connectivity index (χ4v) is 4.76. The van der Waals surface area contributed by atoms with E-state index in [0.29, 0.717) is 26.4 Å². The maximum absolute atomic E-state index is 12.6. The van der Waals surface area contributed by atoms with Gasteiger partial charge in [-0.3, -0.25) is 0 Å². The van der Waals surface area contributed by atoms with Crippen molar-refractivity contribution in [3.05, 3.63) is 101 Å². The summed E-state index contributed by atoms with van der Waals surface area (Å²) in [4.78, 5) is 14.4. The molecule has 36 heavy (non-hydrogen) atoms. The van der Waals surface area contributed by atoms with Gasteiger partial charge in [-0.1, -0.05) is 78.4 Å². The number of likely N-dealkylation sites (tertiary alicyclic amines) is 1. The number of aryl methyl sites for hydroxylation is 3. The van der Waals surface area contributed by atoms with Crippen LogP contribution in [0.15, 0.2) is 78.9 Å². The average molecular weight is 488 g/mol. The molecular weight excluding hydrogens is 450 g/mol. The van der Waals surface area contributed by atoms with Crippen LogP contribution in [-0.4, -0.2) is 42.9 Å². The third kappa shape index (κ3) is 7.34. The third-order valence-corrected chi connectivity index (χ3v) is 6.66. The van der Waals surface area contributed by atoms with Gasteiger partial charge in [-0.2, -0.15) is 0 Å². The van der Waals surface area contributed by atoms with Gasteiger partial charge in [-0.25, -0.2) is 4.79 Å². The quantitative estimate of drug-likeness (QED) is 0.316. The standard InChI is InChI=1S/C31H37NO4/c1-3-34-31(33)32-22-29(36-23-26-12-8-5-9-13-26)21-28(32)18-19-35-30-17-14-24(2)20-27(30)16-15-25-10-6-4-7-11-25/h4-14,17,20,28-29H,3,15-16,18-19,21-23H2,1-2H3/t28-,29-/m1/s1. The van der Waals surface area contributed by atoms with Crippen molar-refractivity contribution in [1.29, 1.82) is 0 Å². The smallest absolute Gasteiger partial charge is 0.410 e. The first kappa shape index (κ1) is 25.8. The van der Waals surface area contributed by atoms with Crippen molar-refractivity contribution in [3.8, 4) is 5.75 Å². The van der Waals surface area contributed by atoms with Gasteiger partial charge < -0.3 is 19.1 Å². The van der Waals surface area contributed by atoms with E-state index in [9.17, 15) is 4.79 Å². The van der Waals surface area contributed by atoms with Gasteiger partial charge in [-0.15, -0.1) is 0 Å². The Morgan fingerprint density at radius 1 is 0.944 bits per heavy atom. The SMILES string of the molecule is CCOC(=O)N1C[C@H](OCc2ccccc2)C[C@H]1CCOc1ccc(C)cc1CCc1ccccc1. The molecule has 5 nitrogen and oxygen atoms in total. The van der Waals surface area contributed by atoms with E-state index in [0.717, 1.165) is 37.0 Å². The highest BCUT2D eigenvalue weighted by molar-refractivity contribution is 5.68. The topological polar surface area (TPSA) is 48.0 Å². The maximum Gasteiger partial charge on any atom is 0.410 e. The number of amides is 1. The molecule has 0 unspecified atom stereocenters. The van der Waals surface area contributed by atoms with Crippen LogP contribution in [0.3, 0.4) is 0 Å². The van der Waals surface area contributed by atoms with Gasteiger partial charge in [-0.05, 0) is 55.9 Å². The molecule has 2 atom stereocenters. The molecule has 4 rings (SSSR count). The number of nitrogens with zero attached hydrogens (tertiary/aromatic N) is 1. The fraction of sp³-hybridized carbons (Fsp3) is 0.387. The molecule has 1 heterocycles. The number of carbonyl (C=O) groups excluding carboxylic acids is 1. The van der Waals surface area contributed by atoms with Gasteiger partial charge in [0.2, 0.25) is 0 Å². The zero-order valence-electron chi connectivity index (χ0n) is 21.4. The first-order valence-corrected chi connectivity index (χ1v) is 13.0. The minimum Gasteiger partial charge on any atom is -0.493 e. The molecular formula is C31H37NO4. The van der Waals surface area contributed by atoms with Crippen molar-refractivity contribution >= 4 is 6.09 Å². The zero-order valence-corrected chi connectivity index (χ0v) is 21.4. The summed E-state index contributed by atoms with van der Waals surface area (Å²) in [5.41, 5.74) is 4.90. The van der Waals surface area contributed by atoms with E-state index in [-0.39, 0.29) is 18.2 Å². The number of hydrogen-bond acceptors (Lipinski definition) is 4. The normalized spacial score (nSPS) is 17.2. The molecule has 3 aromatic rings. The number of hydrogen-bond donors (Lipinski definition) is 0. The maximum atomic E-state index is 12.6. The van der Waals surface area contributed by atoms with Crippen LogP contribution in [0, 0.1) is 6.92 Å². The first-order chi connectivity index (χ1) is 17.6. The summed E-state index contributed by atoms with van der Waals surface area (Å²) in [6, 6.07) is 27.1. The largest absolute Gasteiger partial charge is 0.493 e. The Balaban J connectivity index is 1.34. The van der Waals surface area contributed by atoms with E-state index in [4.69, 9.17) is 14.2 Å². The van der Waals surface area contributed by atoms with Crippen molar-refractivity contribution < 1.29 is 19.0 Å². The summed E-state index contributed by atoms with van der Waals surface area (Å²) >= 11 is 0. The molecule has 0 saturated carbocycles. The van der Waals surface area contributed by atoms with Crippen molar-refractivity contribution in [3.63, 3.8) is 0 Å². The molecule has 5 heteroatoms. The van der Waals surface area contributed by atoms with Crippen LogP contribution < -0.4 is 4.74 Å². The molecule has 1 saturated heterocycles. The fourth-order valence-electron chi connectivity index (χ4n) is 4.76. The molecule has 0 aliphatic carbocycles. The summed E-state index contributed by atoms with van der Waals surface area (Å²) in [6.07, 6.45) is 3.13. The predicted octanol–water partition coefficient (Wildman–Crippen LogP) is 6.37. The van der Waals surface area contributed by atoms with Crippen LogP contribution >= 0.6 is 0 Å². The number of rotatable bonds is 11. The van der Waals surface area contributed by atoms with Crippen LogP contribution in [0.4, 0.5) is 4.79 Å². The highest BCUT2D eigenvalue weighted by Crippen LogP contribution is 2.27. The Kier molecular flexibility index (Phi) is 9.40. The molecule has 1 aliphatic heterocycles. The van der Waals surface area contributed by atoms with Crippen molar-refractivity contribution in [1.82, 2.24) is 4.90 Å². The summed E-state index contributed by atoms with van der Waals surface area (Å²) in [5, 5.41) is 0. The molecule has 1 aliphatic rings. The second kappa shape index (κ2) is 13.1. The molecule has 3 aromatic carbocycles. The summed E-state index contributed by atoms with van der Waals surface area (Å²) in [5.74, 6) is 0.925. The van der Waals surface area contributed by atoms with Gasteiger partial charge in [0.1, 0.15) is 5.75 Å². The minimum absolute atomic E-state index is 0.0135. The molecule has 1 fully saturated rings. The lowest BCUT2D eigenvalue weighted by Gasteiger charge is -2.23. The second-order valence-electron chi connectivity index (χ2n) is 9.39. The van der Waals surface area contributed by atoms with E-state index >= 15 is 0 Å². The van der Waals surface area contributed by atoms with E-state index in [1.807, 2.05) is 36.1 Å². The first-order valence-electron chi connectivity index (χ1n) is 13.0. The summed E-state index contributed by atoms with van der Waals surface area (Å²) < 4.78 is 17.8. The molecule has 190 valence electrons. The molecule has 0 N–H and O–H groups in total. The van der Waals surface area contributed by atoms with Crippen LogP contribution in [-0.2, 0) is 28.9 Å². The second-order valence-corrected chi connectivity index (χ2v) is 9.39. The predicted molar refractivity (Wildman–Crippen MR) is 142 cm³/mol. The minimum atomic E-state index is -0.271. The van der Waals surface area contributed by atoms with Crippen molar-refractivity contribution in [2.75, 3.05) is 19.8 Å². The van der Waals surface area contributed by atoms with Gasteiger partial charge in [0.25, 0.3) is 0 Å². The molecule has 0 radical (unpaired) electrons. The lowest BCUT2D eigenvalue weighted by molar-refractivity contribution is 0.0442. The molecule has 0 aromatic heterocycles. The number of ether oxygens (including phenoxy) is 3. The monoisotopic (exact) mass is 487 g/mol. The van der Waals surface area contributed by atoms with Crippen LogP contribution in [0.25, 0.3) is 0 Å². The van der Waals surface area contributed by atoms with Gasteiger partial charge in [0.05, 0.1) is 32.5 Å². The number of benzene rings is 3. The zero-order chi connectivity index (χ0) is 25.2. The third-order valence-electron chi connectivity index (χ3n) is 6.66. The van der Waals surface area contributed by atoms with E-state index < -0.39 is 0 Å². The van der Waals surface area contributed by atoms with E-state index in [2.05, 4.69) is 61.5 Å². The highest BCUT2D eigenvalue weighted by atomic mass is 16.6. The van der Waals surface area contributed by atoms with Crippen LogP contribution in [0.2, 0.25) is 0 Å². The van der Waals surface area contributed by atoms with E-state index in [1.165, 1.54) is 16.7 Å². The van der Waals surface area contributed by atoms with Gasteiger partial charge >= 0.3 is 6.09 Å². The van der Waals surface area contributed by atoms with Crippen LogP contribution in [0.1, 0.15) is 42.0 Å². The Morgan fingerprint density at radius 2 is 1.67 bits per heavy atom. The number of carbonyl (C=O) groups is 1. The lowest BCUT2D eigenvalue weighted by atomic mass is 10.0. The Morgan fingerprint density at radius 3 is 2.39 bits per heavy atom. The average Bonchev–Trinajstić information content (AvgIpc) is 3.32. The summed E-state index contributed by atoms with van der Waals surface area (Å²) in [6.45, 7) is 5.93. The lowest BCUT2D eigenvalue weighted by Crippen LogP contribution is -2.37.